The molecule has 2 atom stereocenters. The Morgan fingerprint density at radius 3 is 2.44 bits per heavy atom. The van der Waals surface area contributed by atoms with Crippen LogP contribution in [0.15, 0.2) is 79.3 Å². The minimum absolute atomic E-state index is 0.216. The quantitative estimate of drug-likeness (QED) is 0.332. The molecule has 184 valence electrons. The van der Waals surface area contributed by atoms with Gasteiger partial charge in [0, 0.05) is 42.2 Å². The van der Waals surface area contributed by atoms with E-state index in [0.29, 0.717) is 17.3 Å². The Morgan fingerprint density at radius 1 is 0.972 bits per heavy atom. The van der Waals surface area contributed by atoms with E-state index in [1.165, 1.54) is 12.1 Å². The van der Waals surface area contributed by atoms with Crippen molar-refractivity contribution in [1.29, 1.82) is 0 Å². The molecule has 9 heteroatoms. The van der Waals surface area contributed by atoms with Crippen molar-refractivity contribution in [2.45, 2.75) is 38.7 Å². The zero-order valence-corrected chi connectivity index (χ0v) is 20.5. The largest absolute Gasteiger partial charge is 0.416 e. The highest BCUT2D eigenvalue weighted by Crippen LogP contribution is 2.42. The van der Waals surface area contributed by atoms with Gasteiger partial charge in [0.2, 0.25) is 0 Å². The van der Waals surface area contributed by atoms with Crippen LogP contribution in [0.25, 0.3) is 5.69 Å². The van der Waals surface area contributed by atoms with E-state index < -0.39 is 11.7 Å². The van der Waals surface area contributed by atoms with E-state index in [9.17, 15) is 13.2 Å². The van der Waals surface area contributed by atoms with Crippen molar-refractivity contribution in [1.82, 2.24) is 24.8 Å². The Hall–Kier alpha value is -3.72. The highest BCUT2D eigenvalue weighted by Gasteiger charge is 2.41. The Morgan fingerprint density at radius 2 is 1.75 bits per heavy atom. The van der Waals surface area contributed by atoms with Crippen molar-refractivity contribution < 1.29 is 13.2 Å². The molecule has 1 N–H and O–H groups in total. The molecule has 5 nitrogen and oxygen atoms in total. The van der Waals surface area contributed by atoms with Crippen molar-refractivity contribution >= 4 is 17.3 Å². The Kier molecular flexibility index (Phi) is 6.26. The molecule has 1 aliphatic heterocycles. The first kappa shape index (κ1) is 24.0. The Balaban J connectivity index is 1.62. The van der Waals surface area contributed by atoms with Crippen LogP contribution in [0.1, 0.15) is 45.9 Å². The number of pyridine rings is 2. The second kappa shape index (κ2) is 9.39. The molecule has 3 aromatic heterocycles. The predicted octanol–water partition coefficient (Wildman–Crippen LogP) is 6.08. The lowest BCUT2D eigenvalue weighted by Gasteiger charge is -2.28. The third-order valence-corrected chi connectivity index (χ3v) is 6.87. The van der Waals surface area contributed by atoms with Crippen molar-refractivity contribution in [2.75, 3.05) is 0 Å². The summed E-state index contributed by atoms with van der Waals surface area (Å²) in [6.45, 7) is 4.39. The fraction of sp³-hybridized carbons (Fsp3) is 0.222. The number of thiocarbonyl (C=S) groups is 1. The van der Waals surface area contributed by atoms with Gasteiger partial charge < -0.3 is 14.8 Å². The molecule has 0 amide bonds. The first-order valence-electron chi connectivity index (χ1n) is 11.5. The van der Waals surface area contributed by atoms with E-state index in [4.69, 9.17) is 12.2 Å². The van der Waals surface area contributed by atoms with Crippen molar-refractivity contribution in [3.63, 3.8) is 0 Å². The molecule has 0 unspecified atom stereocenters. The standard InChI is InChI=1S/C27H24F3N5S/c1-17-14-22(18(2)35(17)21-7-5-6-20(15-21)27(28,29)30)25-24(23-8-3-4-11-32-23)33-26(36)34(25)16-19-9-12-31-13-10-19/h3-15,24-25H,16H2,1-2H3,(H,33,36)/t24-,25-/m0/s1. The number of aryl methyl sites for hydroxylation is 1. The number of nitrogens with one attached hydrogen (secondary N) is 1. The van der Waals surface area contributed by atoms with Crippen LogP contribution < -0.4 is 5.32 Å². The van der Waals surface area contributed by atoms with Gasteiger partial charge in [0.05, 0.1) is 23.3 Å². The number of hydrogen-bond acceptors (Lipinski definition) is 3. The van der Waals surface area contributed by atoms with Gasteiger partial charge in [-0.05, 0) is 85.7 Å². The van der Waals surface area contributed by atoms with Gasteiger partial charge in [-0.2, -0.15) is 13.2 Å². The molecule has 4 heterocycles. The first-order valence-corrected chi connectivity index (χ1v) is 11.9. The van der Waals surface area contributed by atoms with E-state index in [1.54, 1.807) is 24.7 Å². The van der Waals surface area contributed by atoms with Gasteiger partial charge >= 0.3 is 6.18 Å². The Bertz CT molecular complexity index is 1390. The Labute approximate surface area is 212 Å². The van der Waals surface area contributed by atoms with E-state index >= 15 is 0 Å². The van der Waals surface area contributed by atoms with Gasteiger partial charge in [0.25, 0.3) is 0 Å². The molecule has 4 aromatic rings. The molecule has 0 spiro atoms. The van der Waals surface area contributed by atoms with E-state index in [1.807, 2.05) is 54.8 Å². The maximum Gasteiger partial charge on any atom is 0.416 e. The number of halogens is 3. The number of rotatable bonds is 5. The molecule has 36 heavy (non-hydrogen) atoms. The van der Waals surface area contributed by atoms with Gasteiger partial charge in [-0.15, -0.1) is 0 Å². The highest BCUT2D eigenvalue weighted by molar-refractivity contribution is 7.80. The maximum atomic E-state index is 13.4. The van der Waals surface area contributed by atoms with Gasteiger partial charge in [-0.3, -0.25) is 9.97 Å². The molecule has 1 saturated heterocycles. The van der Waals surface area contributed by atoms with Gasteiger partial charge in [-0.1, -0.05) is 12.1 Å². The SMILES string of the molecule is Cc1cc([C@H]2[C@H](c3ccccn3)NC(=S)N2Cc2ccncc2)c(C)n1-c1cccc(C(F)(F)F)c1. The maximum absolute atomic E-state index is 13.4. The summed E-state index contributed by atoms with van der Waals surface area (Å²) in [6, 6.07) is 16.6. The molecule has 5 rings (SSSR count). The summed E-state index contributed by atoms with van der Waals surface area (Å²) in [5.41, 5.74) is 4.34. The zero-order valence-electron chi connectivity index (χ0n) is 19.7. The summed E-state index contributed by atoms with van der Waals surface area (Å²) >= 11 is 5.77. The third-order valence-electron chi connectivity index (χ3n) is 6.52. The third kappa shape index (κ3) is 4.46. The topological polar surface area (TPSA) is 46.0 Å². The fourth-order valence-corrected chi connectivity index (χ4v) is 5.21. The summed E-state index contributed by atoms with van der Waals surface area (Å²) in [5, 5.41) is 4.03. The minimum atomic E-state index is -4.42. The van der Waals surface area contributed by atoms with Crippen LogP contribution in [0.2, 0.25) is 0 Å². The second-order valence-corrected chi connectivity index (χ2v) is 9.21. The molecule has 0 saturated carbocycles. The summed E-state index contributed by atoms with van der Waals surface area (Å²) in [4.78, 5) is 10.8. The van der Waals surface area contributed by atoms with E-state index in [0.717, 1.165) is 34.3 Å². The van der Waals surface area contributed by atoms with Crippen LogP contribution in [0.3, 0.4) is 0 Å². The van der Waals surface area contributed by atoms with E-state index in [2.05, 4.69) is 20.2 Å². The number of alkyl halides is 3. The molecular formula is C27H24F3N5S. The number of aromatic nitrogens is 3. The van der Waals surface area contributed by atoms with Crippen LogP contribution in [-0.4, -0.2) is 24.5 Å². The molecule has 0 aliphatic carbocycles. The van der Waals surface area contributed by atoms with E-state index in [-0.39, 0.29) is 12.1 Å². The van der Waals surface area contributed by atoms with Crippen LogP contribution in [-0.2, 0) is 12.7 Å². The van der Waals surface area contributed by atoms with Crippen LogP contribution in [0.4, 0.5) is 13.2 Å². The predicted molar refractivity (Wildman–Crippen MR) is 135 cm³/mol. The van der Waals surface area contributed by atoms with Crippen molar-refractivity contribution in [2.24, 2.45) is 0 Å². The molecule has 0 radical (unpaired) electrons. The van der Waals surface area contributed by atoms with Crippen LogP contribution in [0, 0.1) is 13.8 Å². The molecule has 1 aliphatic rings. The second-order valence-electron chi connectivity index (χ2n) is 8.82. The summed E-state index contributed by atoms with van der Waals surface area (Å²) in [6.07, 6.45) is 0.814. The number of benzene rings is 1. The average Bonchev–Trinajstić information content (AvgIpc) is 3.34. The molecular weight excluding hydrogens is 483 g/mol. The monoisotopic (exact) mass is 507 g/mol. The van der Waals surface area contributed by atoms with Crippen LogP contribution >= 0.6 is 12.2 Å². The summed E-state index contributed by atoms with van der Waals surface area (Å²) < 4.78 is 42.1. The average molecular weight is 508 g/mol. The summed E-state index contributed by atoms with van der Waals surface area (Å²) in [5.74, 6) is 0. The van der Waals surface area contributed by atoms with Crippen molar-refractivity contribution in [3.8, 4) is 5.69 Å². The normalized spacial score (nSPS) is 17.9. The highest BCUT2D eigenvalue weighted by atomic mass is 32.1. The van der Waals surface area contributed by atoms with Gasteiger partial charge in [-0.25, -0.2) is 0 Å². The first-order chi connectivity index (χ1) is 17.2. The molecule has 1 aromatic carbocycles. The fourth-order valence-electron chi connectivity index (χ4n) is 4.90. The van der Waals surface area contributed by atoms with Gasteiger partial charge in [0.15, 0.2) is 5.11 Å². The lowest BCUT2D eigenvalue weighted by atomic mass is 9.96. The number of nitrogens with zero attached hydrogens (tertiary/aromatic N) is 4. The number of hydrogen-bond donors (Lipinski definition) is 1. The molecule has 1 fully saturated rings. The lowest BCUT2D eigenvalue weighted by molar-refractivity contribution is -0.137. The van der Waals surface area contributed by atoms with Crippen molar-refractivity contribution in [3.05, 3.63) is 113 Å². The minimum Gasteiger partial charge on any atom is -0.352 e. The smallest absolute Gasteiger partial charge is 0.352 e. The van der Waals surface area contributed by atoms with Crippen LogP contribution in [0.5, 0.6) is 0 Å². The molecule has 0 bridgehead atoms. The lowest BCUT2D eigenvalue weighted by Crippen LogP contribution is -2.29. The zero-order chi connectivity index (χ0) is 25.4. The summed E-state index contributed by atoms with van der Waals surface area (Å²) in [7, 11) is 0. The van der Waals surface area contributed by atoms with Gasteiger partial charge in [0.1, 0.15) is 0 Å².